The van der Waals surface area contributed by atoms with Gasteiger partial charge in [-0.15, -0.1) is 0 Å². The van der Waals surface area contributed by atoms with Crippen molar-refractivity contribution in [3.63, 3.8) is 0 Å². The smallest absolute Gasteiger partial charge is 0.326 e. The molecule has 9 N–H and O–H groups in total. The summed E-state index contributed by atoms with van der Waals surface area (Å²) in [6.45, 7) is 3.45. The first kappa shape index (κ1) is 29.1. The van der Waals surface area contributed by atoms with Crippen LogP contribution in [0.15, 0.2) is 0 Å². The van der Waals surface area contributed by atoms with Crippen molar-refractivity contribution in [1.29, 1.82) is 0 Å². The number of aliphatic carboxylic acids is 2. The van der Waals surface area contributed by atoms with E-state index in [9.17, 15) is 28.8 Å². The predicted octanol–water partition coefficient (Wildman–Crippen LogP) is -2.43. The van der Waals surface area contributed by atoms with Gasteiger partial charge in [-0.2, -0.15) is 12.6 Å². The molecule has 32 heavy (non-hydrogen) atoms. The third-order valence-electron chi connectivity index (χ3n) is 4.63. The molecular weight excluding hydrogens is 446 g/mol. The Morgan fingerprint density at radius 1 is 0.938 bits per heavy atom. The summed E-state index contributed by atoms with van der Waals surface area (Å²) >= 11 is 3.93. The van der Waals surface area contributed by atoms with E-state index in [1.807, 2.05) is 0 Å². The van der Waals surface area contributed by atoms with Crippen LogP contribution in [0.4, 0.5) is 0 Å². The lowest BCUT2D eigenvalue weighted by molar-refractivity contribution is -0.144. The first-order valence-electron chi connectivity index (χ1n) is 9.84. The average Bonchev–Trinajstić information content (AvgIpc) is 2.71. The molecular formula is C18H31N5O8S. The highest BCUT2D eigenvalue weighted by Gasteiger charge is 2.32. The van der Waals surface area contributed by atoms with Crippen molar-refractivity contribution < 1.29 is 39.0 Å². The Morgan fingerprint density at radius 2 is 1.50 bits per heavy atom. The molecule has 5 unspecified atom stereocenters. The summed E-state index contributed by atoms with van der Waals surface area (Å²) < 4.78 is 0. The van der Waals surface area contributed by atoms with Crippen LogP contribution in [0.1, 0.15) is 39.5 Å². The summed E-state index contributed by atoms with van der Waals surface area (Å²) in [5.74, 6) is -6.57. The van der Waals surface area contributed by atoms with E-state index in [-0.39, 0.29) is 18.1 Å². The van der Waals surface area contributed by atoms with Crippen LogP contribution in [0.5, 0.6) is 0 Å². The number of nitrogens with two attached hydrogens (primary N) is 2. The number of carboxylic acid groups (broad SMARTS) is 2. The van der Waals surface area contributed by atoms with E-state index in [1.165, 1.54) is 0 Å². The Kier molecular flexibility index (Phi) is 13.0. The van der Waals surface area contributed by atoms with E-state index in [1.54, 1.807) is 13.8 Å². The fourth-order valence-electron chi connectivity index (χ4n) is 2.52. The summed E-state index contributed by atoms with van der Waals surface area (Å²) in [6.07, 6.45) is -1.11. The minimum atomic E-state index is -1.66. The molecule has 0 fully saturated rings. The second kappa shape index (κ2) is 14.2. The van der Waals surface area contributed by atoms with Crippen LogP contribution >= 0.6 is 12.6 Å². The Morgan fingerprint density at radius 3 is 1.94 bits per heavy atom. The van der Waals surface area contributed by atoms with Crippen molar-refractivity contribution in [2.24, 2.45) is 17.4 Å². The topological polar surface area (TPSA) is 231 Å². The van der Waals surface area contributed by atoms with Crippen molar-refractivity contribution >= 4 is 48.2 Å². The summed E-state index contributed by atoms with van der Waals surface area (Å²) in [5, 5.41) is 25.0. The maximum atomic E-state index is 12.8. The van der Waals surface area contributed by atoms with Gasteiger partial charge < -0.3 is 37.6 Å². The van der Waals surface area contributed by atoms with Gasteiger partial charge in [-0.1, -0.05) is 20.3 Å². The van der Waals surface area contributed by atoms with E-state index in [0.29, 0.717) is 6.42 Å². The molecule has 0 heterocycles. The van der Waals surface area contributed by atoms with E-state index in [0.717, 1.165) is 0 Å². The standard InChI is InChI=1S/C18H31N5O8S/c1-3-8(2)14(23-15(27)9(19)7-32)17(29)21-10(4-5-13(25)26)16(28)22-11(18(30)31)6-12(20)24/h8-11,14,32H,3-7,19H2,1-2H3,(H2,20,24)(H,21,29)(H,22,28)(H,23,27)(H,25,26)(H,30,31). The van der Waals surface area contributed by atoms with Gasteiger partial charge in [0.2, 0.25) is 23.6 Å². The Bertz CT molecular complexity index is 719. The largest absolute Gasteiger partial charge is 0.481 e. The summed E-state index contributed by atoms with van der Waals surface area (Å²) in [4.78, 5) is 70.8. The lowest BCUT2D eigenvalue weighted by atomic mass is 9.97. The van der Waals surface area contributed by atoms with Gasteiger partial charge in [0, 0.05) is 12.2 Å². The van der Waals surface area contributed by atoms with E-state index < -0.39 is 72.6 Å². The highest BCUT2D eigenvalue weighted by molar-refractivity contribution is 7.80. The first-order valence-corrected chi connectivity index (χ1v) is 10.5. The summed E-state index contributed by atoms with van der Waals surface area (Å²) in [6, 6.07) is -5.19. The maximum Gasteiger partial charge on any atom is 0.326 e. The van der Waals surface area contributed by atoms with Gasteiger partial charge in [-0.25, -0.2) is 4.79 Å². The van der Waals surface area contributed by atoms with Crippen LogP contribution in [-0.2, 0) is 28.8 Å². The molecule has 182 valence electrons. The number of carbonyl (C=O) groups excluding carboxylic acids is 4. The van der Waals surface area contributed by atoms with Crippen molar-refractivity contribution in [1.82, 2.24) is 16.0 Å². The van der Waals surface area contributed by atoms with Crippen LogP contribution in [0.2, 0.25) is 0 Å². The van der Waals surface area contributed by atoms with Crippen LogP contribution in [0.3, 0.4) is 0 Å². The third-order valence-corrected chi connectivity index (χ3v) is 5.02. The lowest BCUT2D eigenvalue weighted by Gasteiger charge is -2.27. The number of thiol groups is 1. The van der Waals surface area contributed by atoms with Gasteiger partial charge in [0.15, 0.2) is 0 Å². The van der Waals surface area contributed by atoms with Gasteiger partial charge in [-0.05, 0) is 12.3 Å². The SMILES string of the molecule is CCC(C)C(NC(=O)C(N)CS)C(=O)NC(CCC(=O)O)C(=O)NC(CC(N)=O)C(=O)O. The molecule has 0 aromatic heterocycles. The Hall–Kier alpha value is -2.87. The number of rotatable bonds is 15. The van der Waals surface area contributed by atoms with E-state index in [4.69, 9.17) is 21.7 Å². The molecule has 5 atom stereocenters. The molecule has 0 aliphatic heterocycles. The molecule has 0 bridgehead atoms. The van der Waals surface area contributed by atoms with Crippen LogP contribution in [0, 0.1) is 5.92 Å². The highest BCUT2D eigenvalue weighted by Crippen LogP contribution is 2.10. The van der Waals surface area contributed by atoms with Crippen LogP contribution in [0.25, 0.3) is 0 Å². The number of amides is 4. The fourth-order valence-corrected chi connectivity index (χ4v) is 2.68. The van der Waals surface area contributed by atoms with Crippen molar-refractivity contribution in [3.8, 4) is 0 Å². The van der Waals surface area contributed by atoms with Gasteiger partial charge in [0.1, 0.15) is 18.1 Å². The normalized spacial score (nSPS) is 15.4. The van der Waals surface area contributed by atoms with Crippen molar-refractivity contribution in [2.45, 2.75) is 63.7 Å². The minimum Gasteiger partial charge on any atom is -0.481 e. The molecule has 0 aromatic carbocycles. The second-order valence-electron chi connectivity index (χ2n) is 7.22. The molecule has 0 radical (unpaired) electrons. The molecule has 0 aromatic rings. The number of primary amides is 1. The van der Waals surface area contributed by atoms with Crippen molar-refractivity contribution in [2.75, 3.05) is 5.75 Å². The molecule has 14 heteroatoms. The molecule has 0 saturated heterocycles. The highest BCUT2D eigenvalue weighted by atomic mass is 32.1. The van der Waals surface area contributed by atoms with E-state index >= 15 is 0 Å². The summed E-state index contributed by atoms with van der Waals surface area (Å²) in [7, 11) is 0. The predicted molar refractivity (Wildman–Crippen MR) is 115 cm³/mol. The quantitative estimate of drug-likeness (QED) is 0.117. The van der Waals surface area contributed by atoms with Gasteiger partial charge in [0.05, 0.1) is 12.5 Å². The number of carbonyl (C=O) groups is 6. The molecule has 0 aliphatic carbocycles. The van der Waals surface area contributed by atoms with Crippen molar-refractivity contribution in [3.05, 3.63) is 0 Å². The molecule has 0 aliphatic rings. The second-order valence-corrected chi connectivity index (χ2v) is 7.59. The first-order chi connectivity index (χ1) is 14.8. The number of hydrogen-bond donors (Lipinski definition) is 8. The monoisotopic (exact) mass is 477 g/mol. The molecule has 13 nitrogen and oxygen atoms in total. The van der Waals surface area contributed by atoms with Gasteiger partial charge in [-0.3, -0.25) is 24.0 Å². The number of hydrogen-bond acceptors (Lipinski definition) is 8. The Balaban J connectivity index is 5.61. The molecule has 0 saturated carbocycles. The van der Waals surface area contributed by atoms with Gasteiger partial charge in [0.25, 0.3) is 0 Å². The third kappa shape index (κ3) is 10.4. The maximum absolute atomic E-state index is 12.8. The molecule has 0 rings (SSSR count). The molecule has 4 amide bonds. The fraction of sp³-hybridized carbons (Fsp3) is 0.667. The van der Waals surface area contributed by atoms with E-state index in [2.05, 4.69) is 28.6 Å². The number of nitrogens with one attached hydrogen (secondary N) is 3. The summed E-state index contributed by atoms with van der Waals surface area (Å²) in [5.41, 5.74) is 10.6. The van der Waals surface area contributed by atoms with Gasteiger partial charge >= 0.3 is 11.9 Å². The van der Waals surface area contributed by atoms with Crippen LogP contribution in [-0.4, -0.2) is 75.7 Å². The lowest BCUT2D eigenvalue weighted by Crippen LogP contribution is -2.59. The molecule has 0 spiro atoms. The zero-order valence-electron chi connectivity index (χ0n) is 17.9. The average molecular weight is 478 g/mol. The van der Waals surface area contributed by atoms with Crippen LogP contribution < -0.4 is 27.4 Å². The zero-order chi connectivity index (χ0) is 25.0. The minimum absolute atomic E-state index is 0.0285. The number of carboxylic acids is 2. The Labute approximate surface area is 190 Å². The zero-order valence-corrected chi connectivity index (χ0v) is 18.8.